The lowest BCUT2D eigenvalue weighted by Gasteiger charge is -2.24. The fraction of sp³-hybridized carbons (Fsp3) is 0.588. The molecular weight excluding hydrogens is 453 g/mol. The van der Waals surface area contributed by atoms with Crippen LogP contribution in [-0.2, 0) is 0 Å². The number of ether oxygens (including phenoxy) is 3. The van der Waals surface area contributed by atoms with Gasteiger partial charge < -0.3 is 24.8 Å². The third kappa shape index (κ3) is 5.73. The van der Waals surface area contributed by atoms with Gasteiger partial charge in [-0.15, -0.1) is 24.0 Å². The molecule has 1 fully saturated rings. The third-order valence-electron chi connectivity index (χ3n) is 4.16. The monoisotopic (exact) mass is 479 g/mol. The Labute approximate surface area is 170 Å². The van der Waals surface area contributed by atoms with E-state index in [-0.39, 0.29) is 30.8 Å². The first kappa shape index (κ1) is 20.3. The molecule has 1 saturated heterocycles. The second kappa shape index (κ2) is 9.61. The van der Waals surface area contributed by atoms with Gasteiger partial charge in [-0.3, -0.25) is 4.99 Å². The zero-order valence-corrected chi connectivity index (χ0v) is 17.8. The van der Waals surface area contributed by atoms with E-state index in [1.165, 1.54) is 18.6 Å². The smallest absolute Gasteiger partial charge is 0.231 e. The number of halogens is 1. The molecule has 2 heterocycles. The standard InChI is InChI=1S/C17H25N3O3S.HI/c1-17(6-3-9-24-17)11-20-16(18-2)19-7-8-21-13-4-5-14-15(10-13)23-12-22-14;/h4-5,10H,3,6-9,11-12H2,1-2H3,(H2,18,19,20);1H. The fourth-order valence-corrected chi connectivity index (χ4v) is 4.02. The Morgan fingerprint density at radius 1 is 1.32 bits per heavy atom. The molecule has 0 spiro atoms. The molecule has 8 heteroatoms. The van der Waals surface area contributed by atoms with E-state index in [9.17, 15) is 0 Å². The molecule has 1 aromatic rings. The minimum absolute atomic E-state index is 0. The van der Waals surface area contributed by atoms with Gasteiger partial charge >= 0.3 is 0 Å². The van der Waals surface area contributed by atoms with Crippen molar-refractivity contribution in [3.05, 3.63) is 18.2 Å². The number of aliphatic imine (C=N–C) groups is 1. The predicted molar refractivity (Wildman–Crippen MR) is 113 cm³/mol. The molecule has 6 nitrogen and oxygen atoms in total. The first-order valence-corrected chi connectivity index (χ1v) is 9.28. The summed E-state index contributed by atoms with van der Waals surface area (Å²) in [6.07, 6.45) is 2.56. The second-order valence-corrected chi connectivity index (χ2v) is 7.80. The number of nitrogens with zero attached hydrogens (tertiary/aromatic N) is 1. The normalized spacial score (nSPS) is 21.6. The molecule has 0 aromatic heterocycles. The van der Waals surface area contributed by atoms with Crippen molar-refractivity contribution >= 4 is 41.7 Å². The Morgan fingerprint density at radius 2 is 2.16 bits per heavy atom. The molecule has 0 amide bonds. The van der Waals surface area contributed by atoms with Crippen LogP contribution in [0, 0.1) is 0 Å². The highest BCUT2D eigenvalue weighted by atomic mass is 127. The topological polar surface area (TPSA) is 64.1 Å². The third-order valence-corrected chi connectivity index (χ3v) is 5.70. The van der Waals surface area contributed by atoms with Gasteiger partial charge in [-0.25, -0.2) is 0 Å². The van der Waals surface area contributed by atoms with E-state index in [0.29, 0.717) is 17.9 Å². The molecular formula is C17H26IN3O3S. The number of benzene rings is 1. The summed E-state index contributed by atoms with van der Waals surface area (Å²) in [4.78, 5) is 4.26. The van der Waals surface area contributed by atoms with Crippen molar-refractivity contribution in [3.8, 4) is 17.2 Å². The zero-order valence-electron chi connectivity index (χ0n) is 14.7. The Morgan fingerprint density at radius 3 is 2.92 bits per heavy atom. The molecule has 0 radical (unpaired) electrons. The number of fused-ring (bicyclic) bond motifs is 1. The quantitative estimate of drug-likeness (QED) is 0.283. The SMILES string of the molecule is CN=C(NCCOc1ccc2c(c1)OCO2)NCC1(C)CCCS1.I. The predicted octanol–water partition coefficient (Wildman–Crippen LogP) is 2.86. The van der Waals surface area contributed by atoms with Crippen LogP contribution in [0.5, 0.6) is 17.2 Å². The van der Waals surface area contributed by atoms with E-state index in [0.717, 1.165) is 29.8 Å². The molecule has 1 atom stereocenters. The number of hydrogen-bond donors (Lipinski definition) is 2. The second-order valence-electron chi connectivity index (χ2n) is 6.12. The van der Waals surface area contributed by atoms with Crippen molar-refractivity contribution in [2.75, 3.05) is 39.3 Å². The van der Waals surface area contributed by atoms with Crippen LogP contribution in [0.1, 0.15) is 19.8 Å². The van der Waals surface area contributed by atoms with Gasteiger partial charge in [0.05, 0.1) is 6.54 Å². The van der Waals surface area contributed by atoms with Gasteiger partial charge in [0.15, 0.2) is 17.5 Å². The van der Waals surface area contributed by atoms with Crippen LogP contribution >= 0.6 is 35.7 Å². The summed E-state index contributed by atoms with van der Waals surface area (Å²) < 4.78 is 16.7. The van der Waals surface area contributed by atoms with Gasteiger partial charge in [-0.1, -0.05) is 0 Å². The lowest BCUT2D eigenvalue weighted by molar-refractivity contribution is 0.173. The Bertz CT molecular complexity index is 595. The van der Waals surface area contributed by atoms with Crippen LogP contribution in [0.3, 0.4) is 0 Å². The molecule has 140 valence electrons. The molecule has 2 N–H and O–H groups in total. The lowest BCUT2D eigenvalue weighted by Crippen LogP contribution is -2.44. The highest BCUT2D eigenvalue weighted by Gasteiger charge is 2.29. The maximum Gasteiger partial charge on any atom is 0.231 e. The van der Waals surface area contributed by atoms with Gasteiger partial charge in [-0.05, 0) is 37.7 Å². The van der Waals surface area contributed by atoms with E-state index in [1.54, 1.807) is 7.05 Å². The van der Waals surface area contributed by atoms with Crippen LogP contribution in [0.25, 0.3) is 0 Å². The van der Waals surface area contributed by atoms with E-state index < -0.39 is 0 Å². The Kier molecular flexibility index (Phi) is 7.80. The van der Waals surface area contributed by atoms with Crippen molar-refractivity contribution in [1.82, 2.24) is 10.6 Å². The molecule has 3 rings (SSSR count). The van der Waals surface area contributed by atoms with Crippen LogP contribution in [0.15, 0.2) is 23.2 Å². The van der Waals surface area contributed by atoms with E-state index in [1.807, 2.05) is 30.0 Å². The minimum Gasteiger partial charge on any atom is -0.492 e. The van der Waals surface area contributed by atoms with Gasteiger partial charge in [-0.2, -0.15) is 11.8 Å². The Balaban J connectivity index is 0.00000225. The maximum atomic E-state index is 5.74. The summed E-state index contributed by atoms with van der Waals surface area (Å²) in [6, 6.07) is 5.61. The summed E-state index contributed by atoms with van der Waals surface area (Å²) in [7, 11) is 1.79. The average molecular weight is 479 g/mol. The first-order chi connectivity index (χ1) is 11.7. The number of rotatable bonds is 6. The number of guanidine groups is 1. The molecule has 1 unspecified atom stereocenters. The highest BCUT2D eigenvalue weighted by molar-refractivity contribution is 14.0. The van der Waals surface area contributed by atoms with E-state index in [2.05, 4.69) is 22.5 Å². The van der Waals surface area contributed by atoms with Crippen LogP contribution in [0.4, 0.5) is 0 Å². The molecule has 0 saturated carbocycles. The number of nitrogens with one attached hydrogen (secondary N) is 2. The maximum absolute atomic E-state index is 5.74. The zero-order chi connectivity index (χ0) is 16.8. The minimum atomic E-state index is 0. The summed E-state index contributed by atoms with van der Waals surface area (Å²) >= 11 is 2.04. The number of thioether (sulfide) groups is 1. The molecule has 0 bridgehead atoms. The van der Waals surface area contributed by atoms with Gasteiger partial charge in [0, 0.05) is 24.4 Å². The Hall–Kier alpha value is -1.03. The van der Waals surface area contributed by atoms with Crippen LogP contribution < -0.4 is 24.8 Å². The first-order valence-electron chi connectivity index (χ1n) is 8.29. The summed E-state index contributed by atoms with van der Waals surface area (Å²) in [5, 5.41) is 6.69. The highest BCUT2D eigenvalue weighted by Crippen LogP contribution is 2.37. The molecule has 0 aliphatic carbocycles. The van der Waals surface area contributed by atoms with Crippen molar-refractivity contribution in [1.29, 1.82) is 0 Å². The van der Waals surface area contributed by atoms with Crippen LogP contribution in [-0.4, -0.2) is 50.0 Å². The van der Waals surface area contributed by atoms with Gasteiger partial charge in [0.1, 0.15) is 12.4 Å². The summed E-state index contributed by atoms with van der Waals surface area (Å²) in [6.45, 7) is 4.75. The van der Waals surface area contributed by atoms with Crippen molar-refractivity contribution in [2.24, 2.45) is 4.99 Å². The summed E-state index contributed by atoms with van der Waals surface area (Å²) in [5.41, 5.74) is 0. The van der Waals surface area contributed by atoms with Gasteiger partial charge in [0.2, 0.25) is 6.79 Å². The fourth-order valence-electron chi connectivity index (χ4n) is 2.77. The van der Waals surface area contributed by atoms with Gasteiger partial charge in [0.25, 0.3) is 0 Å². The van der Waals surface area contributed by atoms with Crippen molar-refractivity contribution < 1.29 is 14.2 Å². The van der Waals surface area contributed by atoms with Crippen LogP contribution in [0.2, 0.25) is 0 Å². The largest absolute Gasteiger partial charge is 0.492 e. The molecule has 2 aliphatic rings. The van der Waals surface area contributed by atoms with E-state index in [4.69, 9.17) is 14.2 Å². The van der Waals surface area contributed by atoms with Crippen molar-refractivity contribution in [2.45, 2.75) is 24.5 Å². The number of hydrogen-bond acceptors (Lipinski definition) is 5. The van der Waals surface area contributed by atoms with Crippen molar-refractivity contribution in [3.63, 3.8) is 0 Å². The molecule has 1 aromatic carbocycles. The molecule has 25 heavy (non-hydrogen) atoms. The van der Waals surface area contributed by atoms with E-state index >= 15 is 0 Å². The average Bonchev–Trinajstić information content (AvgIpc) is 3.23. The molecule has 2 aliphatic heterocycles. The summed E-state index contributed by atoms with van der Waals surface area (Å²) in [5.74, 6) is 4.36. The lowest BCUT2D eigenvalue weighted by atomic mass is 10.1.